The fraction of sp³-hybridized carbons (Fsp3) is 0.600. The first kappa shape index (κ1) is 13.3. The number of nitrogens with one attached hydrogen (secondary N) is 1. The van der Waals surface area contributed by atoms with Crippen molar-refractivity contribution in [3.8, 4) is 0 Å². The second-order valence-electron chi connectivity index (χ2n) is 3.68. The quantitative estimate of drug-likeness (QED) is 0.831. The molecule has 0 aliphatic heterocycles. The van der Waals surface area contributed by atoms with Gasteiger partial charge in [0.05, 0.1) is 5.54 Å². The standard InChI is InChI=1S/C10H14Cl2N2O2/c1-3-10(5-11,6-12)13-9(15)8-4-7(2)16-14-8/h4H,3,5-6H2,1-2H3,(H,13,15). The van der Waals surface area contributed by atoms with Gasteiger partial charge >= 0.3 is 0 Å². The van der Waals surface area contributed by atoms with E-state index in [1.54, 1.807) is 13.0 Å². The molecule has 0 saturated carbocycles. The summed E-state index contributed by atoms with van der Waals surface area (Å²) >= 11 is 11.6. The highest BCUT2D eigenvalue weighted by Crippen LogP contribution is 2.16. The lowest BCUT2D eigenvalue weighted by Gasteiger charge is -2.28. The van der Waals surface area contributed by atoms with Crippen LogP contribution in [0.3, 0.4) is 0 Å². The Hall–Kier alpha value is -0.740. The minimum atomic E-state index is -0.590. The Morgan fingerprint density at radius 1 is 1.56 bits per heavy atom. The Kier molecular flexibility index (Phi) is 4.62. The Balaban J connectivity index is 2.76. The molecule has 0 spiro atoms. The third-order valence-electron chi connectivity index (χ3n) is 2.43. The second-order valence-corrected chi connectivity index (χ2v) is 4.21. The summed E-state index contributed by atoms with van der Waals surface area (Å²) in [7, 11) is 0. The van der Waals surface area contributed by atoms with Crippen LogP contribution in [0.25, 0.3) is 0 Å². The van der Waals surface area contributed by atoms with Crippen molar-refractivity contribution in [1.29, 1.82) is 0 Å². The zero-order valence-corrected chi connectivity index (χ0v) is 10.7. The van der Waals surface area contributed by atoms with Crippen LogP contribution in [0.4, 0.5) is 0 Å². The zero-order chi connectivity index (χ0) is 12.2. The van der Waals surface area contributed by atoms with Gasteiger partial charge in [-0.15, -0.1) is 23.2 Å². The highest BCUT2D eigenvalue weighted by molar-refractivity contribution is 6.22. The van der Waals surface area contributed by atoms with Crippen LogP contribution in [0, 0.1) is 6.92 Å². The summed E-state index contributed by atoms with van der Waals surface area (Å²) in [5.74, 6) is 0.787. The number of nitrogens with zero attached hydrogens (tertiary/aromatic N) is 1. The van der Waals surface area contributed by atoms with Crippen molar-refractivity contribution in [3.63, 3.8) is 0 Å². The fourth-order valence-electron chi connectivity index (χ4n) is 1.16. The van der Waals surface area contributed by atoms with E-state index >= 15 is 0 Å². The van der Waals surface area contributed by atoms with Crippen LogP contribution in [0.5, 0.6) is 0 Å². The van der Waals surface area contributed by atoms with Crippen LogP contribution in [0.15, 0.2) is 10.6 Å². The number of carbonyl (C=O) groups is 1. The number of rotatable bonds is 5. The zero-order valence-electron chi connectivity index (χ0n) is 9.22. The van der Waals surface area contributed by atoms with Gasteiger partial charge in [0.1, 0.15) is 5.76 Å². The van der Waals surface area contributed by atoms with E-state index in [0.29, 0.717) is 12.2 Å². The maximum atomic E-state index is 11.8. The predicted octanol–water partition coefficient (Wildman–Crippen LogP) is 2.34. The minimum absolute atomic E-state index is 0.241. The Bertz CT molecular complexity index is 353. The largest absolute Gasteiger partial charge is 0.361 e. The smallest absolute Gasteiger partial charge is 0.273 e. The topological polar surface area (TPSA) is 55.1 Å². The van der Waals surface area contributed by atoms with Gasteiger partial charge in [0, 0.05) is 17.8 Å². The van der Waals surface area contributed by atoms with Crippen LogP contribution in [-0.4, -0.2) is 28.4 Å². The number of carbonyl (C=O) groups excluding carboxylic acids is 1. The second kappa shape index (κ2) is 5.55. The Morgan fingerprint density at radius 2 is 2.19 bits per heavy atom. The van der Waals surface area contributed by atoms with Gasteiger partial charge in [0.2, 0.25) is 0 Å². The van der Waals surface area contributed by atoms with Gasteiger partial charge in [-0.2, -0.15) is 0 Å². The van der Waals surface area contributed by atoms with Crippen molar-refractivity contribution < 1.29 is 9.32 Å². The molecule has 1 aromatic heterocycles. The van der Waals surface area contributed by atoms with Crippen LogP contribution in [0.2, 0.25) is 0 Å². The number of hydrogen-bond acceptors (Lipinski definition) is 3. The number of amides is 1. The molecule has 0 aliphatic carbocycles. The lowest BCUT2D eigenvalue weighted by Crippen LogP contribution is -2.51. The van der Waals surface area contributed by atoms with Crippen LogP contribution in [0.1, 0.15) is 29.6 Å². The number of alkyl halides is 2. The highest BCUT2D eigenvalue weighted by Gasteiger charge is 2.29. The summed E-state index contributed by atoms with van der Waals surface area (Å²) in [6.45, 7) is 3.64. The molecule has 1 heterocycles. The van der Waals surface area contributed by atoms with E-state index in [1.807, 2.05) is 6.92 Å². The molecular weight excluding hydrogens is 251 g/mol. The van der Waals surface area contributed by atoms with E-state index in [9.17, 15) is 4.79 Å². The van der Waals surface area contributed by atoms with Gasteiger partial charge in [-0.05, 0) is 13.3 Å². The van der Waals surface area contributed by atoms with Gasteiger partial charge in [-0.1, -0.05) is 12.1 Å². The molecule has 1 aromatic rings. The molecule has 0 saturated heterocycles. The SMILES string of the molecule is CCC(CCl)(CCl)NC(=O)c1cc(C)on1. The molecule has 0 aliphatic rings. The number of hydrogen-bond donors (Lipinski definition) is 1. The van der Waals surface area contributed by atoms with Gasteiger partial charge in [0.25, 0.3) is 5.91 Å². The molecule has 1 N–H and O–H groups in total. The molecule has 0 bridgehead atoms. The Labute approximate surface area is 104 Å². The molecular formula is C10H14Cl2N2O2. The van der Waals surface area contributed by atoms with E-state index in [2.05, 4.69) is 10.5 Å². The lowest BCUT2D eigenvalue weighted by atomic mass is 10.0. The summed E-state index contributed by atoms with van der Waals surface area (Å²) < 4.78 is 4.82. The summed E-state index contributed by atoms with van der Waals surface area (Å²) in [5.41, 5.74) is -0.349. The van der Waals surface area contributed by atoms with Crippen molar-refractivity contribution in [2.45, 2.75) is 25.8 Å². The maximum absolute atomic E-state index is 11.8. The number of aromatic nitrogens is 1. The Morgan fingerprint density at radius 3 is 2.56 bits per heavy atom. The molecule has 6 heteroatoms. The molecule has 0 unspecified atom stereocenters. The number of aryl methyl sites for hydroxylation is 1. The van der Waals surface area contributed by atoms with Crippen LogP contribution >= 0.6 is 23.2 Å². The van der Waals surface area contributed by atoms with Gasteiger partial charge in [-0.3, -0.25) is 4.79 Å². The first-order valence-corrected chi connectivity index (χ1v) is 6.01. The van der Waals surface area contributed by atoms with Gasteiger partial charge in [-0.25, -0.2) is 0 Å². The maximum Gasteiger partial charge on any atom is 0.273 e. The van der Waals surface area contributed by atoms with E-state index in [4.69, 9.17) is 27.7 Å². The average Bonchev–Trinajstić information content (AvgIpc) is 2.73. The summed E-state index contributed by atoms with van der Waals surface area (Å²) in [5, 5.41) is 6.41. The fourth-order valence-corrected chi connectivity index (χ4v) is 1.96. The predicted molar refractivity (Wildman–Crippen MR) is 63.2 cm³/mol. The summed E-state index contributed by atoms with van der Waals surface area (Å²) in [4.78, 5) is 11.8. The van der Waals surface area contributed by atoms with Crippen molar-refractivity contribution >= 4 is 29.1 Å². The third-order valence-corrected chi connectivity index (χ3v) is 3.45. The van der Waals surface area contributed by atoms with Crippen molar-refractivity contribution in [1.82, 2.24) is 10.5 Å². The number of halogens is 2. The van der Waals surface area contributed by atoms with Crippen LogP contribution in [-0.2, 0) is 0 Å². The molecule has 90 valence electrons. The monoisotopic (exact) mass is 264 g/mol. The van der Waals surface area contributed by atoms with Crippen molar-refractivity contribution in [2.75, 3.05) is 11.8 Å². The molecule has 16 heavy (non-hydrogen) atoms. The molecule has 0 fully saturated rings. The van der Waals surface area contributed by atoms with Crippen LogP contribution < -0.4 is 5.32 Å². The molecule has 0 aromatic carbocycles. The molecule has 1 amide bonds. The normalized spacial score (nSPS) is 11.5. The van der Waals surface area contributed by atoms with E-state index in [-0.39, 0.29) is 23.4 Å². The molecule has 0 atom stereocenters. The summed E-state index contributed by atoms with van der Waals surface area (Å²) in [6, 6.07) is 1.57. The van der Waals surface area contributed by atoms with Crippen molar-refractivity contribution in [2.24, 2.45) is 0 Å². The minimum Gasteiger partial charge on any atom is -0.361 e. The first-order chi connectivity index (χ1) is 7.56. The van der Waals surface area contributed by atoms with Gasteiger partial charge in [0.15, 0.2) is 5.69 Å². The van der Waals surface area contributed by atoms with E-state index in [1.165, 1.54) is 0 Å². The third kappa shape index (κ3) is 2.89. The lowest BCUT2D eigenvalue weighted by molar-refractivity contribution is 0.0904. The molecule has 1 rings (SSSR count). The average molecular weight is 265 g/mol. The van der Waals surface area contributed by atoms with Gasteiger partial charge < -0.3 is 9.84 Å². The van der Waals surface area contributed by atoms with E-state index in [0.717, 1.165) is 0 Å². The van der Waals surface area contributed by atoms with Crippen molar-refractivity contribution in [3.05, 3.63) is 17.5 Å². The first-order valence-electron chi connectivity index (χ1n) is 4.94. The molecule has 4 nitrogen and oxygen atoms in total. The summed E-state index contributed by atoms with van der Waals surface area (Å²) in [6.07, 6.45) is 0.655. The molecule has 0 radical (unpaired) electrons. The highest BCUT2D eigenvalue weighted by atomic mass is 35.5. The van der Waals surface area contributed by atoms with E-state index < -0.39 is 5.54 Å².